The molecule has 4 rings (SSSR count). The topological polar surface area (TPSA) is 107 Å². The quantitative estimate of drug-likeness (QED) is 0.346. The van der Waals surface area contributed by atoms with E-state index in [1.54, 1.807) is 6.20 Å². The number of hydrogen-bond donors (Lipinski definition) is 4. The zero-order valence-corrected chi connectivity index (χ0v) is 21.2. The summed E-state index contributed by atoms with van der Waals surface area (Å²) in [5.74, 6) is -4.43. The maximum atomic E-state index is 13.7. The van der Waals surface area contributed by atoms with Crippen molar-refractivity contribution in [3.8, 4) is 11.3 Å². The Labute approximate surface area is 215 Å². The van der Waals surface area contributed by atoms with Gasteiger partial charge in [0.2, 0.25) is 5.91 Å². The Hall–Kier alpha value is -3.27. The first kappa shape index (κ1) is 26.8. The van der Waals surface area contributed by atoms with Crippen molar-refractivity contribution in [3.63, 3.8) is 0 Å². The number of carbonyl (C=O) groups is 1. The molecule has 1 heterocycles. The summed E-state index contributed by atoms with van der Waals surface area (Å²) in [5.41, 5.74) is 5.80. The molecule has 9 heteroatoms. The van der Waals surface area contributed by atoms with Crippen molar-refractivity contribution in [2.45, 2.75) is 64.3 Å². The van der Waals surface area contributed by atoms with E-state index in [4.69, 9.17) is 0 Å². The van der Waals surface area contributed by atoms with Crippen molar-refractivity contribution in [2.75, 3.05) is 6.54 Å². The Morgan fingerprint density at radius 3 is 2.59 bits per heavy atom. The summed E-state index contributed by atoms with van der Waals surface area (Å²) >= 11 is 0. The van der Waals surface area contributed by atoms with Gasteiger partial charge in [-0.2, -0.15) is 0 Å². The van der Waals surface area contributed by atoms with E-state index < -0.39 is 29.4 Å². The van der Waals surface area contributed by atoms with Crippen molar-refractivity contribution in [1.29, 1.82) is 0 Å². The molecule has 0 saturated heterocycles. The number of benzene rings is 2. The predicted octanol–water partition coefficient (Wildman–Crippen LogP) is 3.43. The standard InChI is InChI=1S/C28H32F2N4O3/c1-16-14-31-17(2)27(33-16)21-8-7-20-5-4-6-25(24(20)12-21)32-15-28(36,37)26(34-18(3)35)11-19-9-22(29)13-23(30)10-19/h7-10,12-14,25-26,32,36-37H,4-6,11,15H2,1-3H3,(H,34,35). The highest BCUT2D eigenvalue weighted by molar-refractivity contribution is 5.73. The summed E-state index contributed by atoms with van der Waals surface area (Å²) in [4.78, 5) is 20.9. The molecule has 1 amide bonds. The SMILES string of the molecule is CC(=O)NC(Cc1cc(F)cc(F)c1)C(O)(O)CNC1CCCc2ccc(-c3nc(C)cnc3C)cc21. The number of hydrogen-bond acceptors (Lipinski definition) is 6. The minimum Gasteiger partial charge on any atom is -0.363 e. The lowest BCUT2D eigenvalue weighted by Gasteiger charge is -2.35. The van der Waals surface area contributed by atoms with Gasteiger partial charge in [-0.25, -0.2) is 13.8 Å². The number of carbonyl (C=O) groups excluding carboxylic acids is 1. The van der Waals surface area contributed by atoms with Crippen molar-refractivity contribution in [1.82, 2.24) is 20.6 Å². The first-order chi connectivity index (χ1) is 17.5. The number of aryl methyl sites for hydroxylation is 3. The molecule has 2 aromatic carbocycles. The average Bonchev–Trinajstić information content (AvgIpc) is 2.82. The van der Waals surface area contributed by atoms with Gasteiger partial charge in [-0.3, -0.25) is 9.78 Å². The van der Waals surface area contributed by atoms with Gasteiger partial charge in [-0.05, 0) is 74.4 Å². The van der Waals surface area contributed by atoms with Gasteiger partial charge in [-0.1, -0.05) is 12.1 Å². The molecule has 37 heavy (non-hydrogen) atoms. The molecule has 4 N–H and O–H groups in total. The zero-order chi connectivity index (χ0) is 26.7. The molecule has 196 valence electrons. The predicted molar refractivity (Wildman–Crippen MR) is 135 cm³/mol. The molecular weight excluding hydrogens is 478 g/mol. The second kappa shape index (κ2) is 11.0. The second-order valence-electron chi connectivity index (χ2n) is 9.80. The van der Waals surface area contributed by atoms with Crippen molar-refractivity contribution in [3.05, 3.63) is 82.3 Å². The van der Waals surface area contributed by atoms with Crippen LogP contribution < -0.4 is 10.6 Å². The molecular formula is C28H32F2N4O3. The van der Waals surface area contributed by atoms with Gasteiger partial charge in [0.15, 0.2) is 5.79 Å². The summed E-state index contributed by atoms with van der Waals surface area (Å²) in [6.45, 7) is 4.78. The lowest BCUT2D eigenvalue weighted by molar-refractivity contribution is -0.182. The van der Waals surface area contributed by atoms with Gasteiger partial charge >= 0.3 is 0 Å². The van der Waals surface area contributed by atoms with E-state index >= 15 is 0 Å². The Balaban J connectivity index is 1.55. The molecule has 1 aromatic heterocycles. The van der Waals surface area contributed by atoms with Crippen LogP contribution in [0.5, 0.6) is 0 Å². The van der Waals surface area contributed by atoms with Crippen molar-refractivity contribution >= 4 is 5.91 Å². The van der Waals surface area contributed by atoms with Crippen molar-refractivity contribution < 1.29 is 23.8 Å². The highest BCUT2D eigenvalue weighted by Gasteiger charge is 2.36. The summed E-state index contributed by atoms with van der Waals surface area (Å²) in [5, 5.41) is 27.7. The average molecular weight is 511 g/mol. The summed E-state index contributed by atoms with van der Waals surface area (Å²) in [6.07, 6.45) is 4.18. The molecule has 0 spiro atoms. The minimum atomic E-state index is -2.39. The lowest BCUT2D eigenvalue weighted by atomic mass is 9.85. The van der Waals surface area contributed by atoms with E-state index in [1.807, 2.05) is 19.9 Å². The fourth-order valence-corrected chi connectivity index (χ4v) is 4.91. The van der Waals surface area contributed by atoms with Crippen LogP contribution in [0.15, 0.2) is 42.6 Å². The maximum absolute atomic E-state index is 13.7. The van der Waals surface area contributed by atoms with Crippen LogP contribution in [-0.4, -0.2) is 44.5 Å². The monoisotopic (exact) mass is 510 g/mol. The number of rotatable bonds is 8. The fraction of sp³-hybridized carbons (Fsp3) is 0.393. The number of halogens is 2. The molecule has 0 aliphatic heterocycles. The minimum absolute atomic E-state index is 0.162. The lowest BCUT2D eigenvalue weighted by Crippen LogP contribution is -2.58. The highest BCUT2D eigenvalue weighted by Crippen LogP contribution is 2.34. The molecule has 2 unspecified atom stereocenters. The summed E-state index contributed by atoms with van der Waals surface area (Å²) in [7, 11) is 0. The van der Waals surface area contributed by atoms with Crippen LogP contribution in [0.2, 0.25) is 0 Å². The number of nitrogens with one attached hydrogen (secondary N) is 2. The molecule has 1 aliphatic rings. The van der Waals surface area contributed by atoms with Crippen LogP contribution in [0.3, 0.4) is 0 Å². The van der Waals surface area contributed by atoms with Crippen LogP contribution >= 0.6 is 0 Å². The number of aliphatic hydroxyl groups is 2. The molecule has 3 aromatic rings. The van der Waals surface area contributed by atoms with E-state index in [2.05, 4.69) is 32.7 Å². The first-order valence-corrected chi connectivity index (χ1v) is 12.4. The van der Waals surface area contributed by atoms with Crippen LogP contribution in [0.4, 0.5) is 8.78 Å². The van der Waals surface area contributed by atoms with Gasteiger partial charge < -0.3 is 20.8 Å². The Bertz CT molecular complexity index is 1280. The van der Waals surface area contributed by atoms with E-state index in [0.29, 0.717) is 0 Å². The maximum Gasteiger partial charge on any atom is 0.217 e. The molecule has 0 fully saturated rings. The van der Waals surface area contributed by atoms with Crippen LogP contribution in [0.25, 0.3) is 11.3 Å². The third-order valence-corrected chi connectivity index (χ3v) is 6.72. The zero-order valence-electron chi connectivity index (χ0n) is 21.2. The molecule has 2 atom stereocenters. The van der Waals surface area contributed by atoms with E-state index in [0.717, 1.165) is 65.7 Å². The van der Waals surface area contributed by atoms with Gasteiger partial charge in [0.25, 0.3) is 0 Å². The van der Waals surface area contributed by atoms with Crippen LogP contribution in [0.1, 0.15) is 53.9 Å². The third kappa shape index (κ3) is 6.54. The molecule has 0 saturated carbocycles. The number of aromatic nitrogens is 2. The van der Waals surface area contributed by atoms with Gasteiger partial charge in [0, 0.05) is 30.8 Å². The van der Waals surface area contributed by atoms with Crippen LogP contribution in [-0.2, 0) is 17.6 Å². The van der Waals surface area contributed by atoms with E-state index in [1.165, 1.54) is 12.5 Å². The molecule has 1 aliphatic carbocycles. The summed E-state index contributed by atoms with van der Waals surface area (Å²) < 4.78 is 27.4. The summed E-state index contributed by atoms with van der Waals surface area (Å²) in [6, 6.07) is 7.77. The third-order valence-electron chi connectivity index (χ3n) is 6.72. The fourth-order valence-electron chi connectivity index (χ4n) is 4.91. The smallest absolute Gasteiger partial charge is 0.217 e. The number of fused-ring (bicyclic) bond motifs is 1. The number of amides is 1. The highest BCUT2D eigenvalue weighted by atomic mass is 19.1. The van der Waals surface area contributed by atoms with Crippen LogP contribution in [0, 0.1) is 25.5 Å². The van der Waals surface area contributed by atoms with E-state index in [-0.39, 0.29) is 24.6 Å². The Morgan fingerprint density at radius 2 is 1.89 bits per heavy atom. The molecule has 0 radical (unpaired) electrons. The van der Waals surface area contributed by atoms with Gasteiger partial charge in [0.05, 0.1) is 29.7 Å². The Kier molecular flexibility index (Phi) is 7.96. The largest absolute Gasteiger partial charge is 0.363 e. The number of nitrogens with zero attached hydrogens (tertiary/aromatic N) is 2. The first-order valence-electron chi connectivity index (χ1n) is 12.4. The Morgan fingerprint density at radius 1 is 1.16 bits per heavy atom. The normalized spacial score (nSPS) is 16.2. The molecule has 0 bridgehead atoms. The molecule has 7 nitrogen and oxygen atoms in total. The van der Waals surface area contributed by atoms with Gasteiger partial charge in [-0.15, -0.1) is 0 Å². The van der Waals surface area contributed by atoms with Gasteiger partial charge in [0.1, 0.15) is 11.6 Å². The van der Waals surface area contributed by atoms with E-state index in [9.17, 15) is 23.8 Å². The second-order valence-corrected chi connectivity index (χ2v) is 9.80. The van der Waals surface area contributed by atoms with Crippen molar-refractivity contribution in [2.24, 2.45) is 0 Å².